The van der Waals surface area contributed by atoms with Gasteiger partial charge in [0.1, 0.15) is 12.1 Å². The van der Waals surface area contributed by atoms with Crippen LogP contribution in [-0.4, -0.2) is 58.8 Å². The zero-order valence-electron chi connectivity index (χ0n) is 25.0. The number of ether oxygens (including phenoxy) is 2. The van der Waals surface area contributed by atoms with Gasteiger partial charge in [0.2, 0.25) is 12.7 Å². The van der Waals surface area contributed by atoms with Crippen LogP contribution in [0.2, 0.25) is 0 Å². The van der Waals surface area contributed by atoms with E-state index in [0.717, 1.165) is 31.2 Å². The van der Waals surface area contributed by atoms with E-state index >= 15 is 0 Å². The van der Waals surface area contributed by atoms with E-state index in [4.69, 9.17) is 13.9 Å². The Kier molecular flexibility index (Phi) is 9.65. The normalized spacial score (nSPS) is 19.7. The summed E-state index contributed by atoms with van der Waals surface area (Å²) in [5.74, 6) is -0.774. The molecule has 0 saturated carbocycles. The van der Waals surface area contributed by atoms with Crippen LogP contribution in [0.3, 0.4) is 0 Å². The fraction of sp³-hybridized carbons (Fsp3) is 0.485. The van der Waals surface area contributed by atoms with Gasteiger partial charge < -0.3 is 23.9 Å². The van der Waals surface area contributed by atoms with Crippen molar-refractivity contribution in [3.05, 3.63) is 71.7 Å². The summed E-state index contributed by atoms with van der Waals surface area (Å²) in [5.41, 5.74) is 1.96. The second-order valence-electron chi connectivity index (χ2n) is 11.5. The maximum Gasteiger partial charge on any atom is 0.308 e. The van der Waals surface area contributed by atoms with Crippen LogP contribution in [0.25, 0.3) is 0 Å². The Balaban J connectivity index is 1.48. The van der Waals surface area contributed by atoms with Crippen LogP contribution in [0.4, 0.5) is 10.1 Å². The standard InChI is InChI=1S/C33H40FN3O6/c1-4-6-23(7-5-2)37(24-9-10-26(34)21(3)16-24)31(38)19-36-18-25(22-8-12-28-29(17-22)43-20-42-28)32(33(39)40)27(36)11-13-30-35-14-15-41-30/h8-10,12,14-17,23,25,27,32H,4-7,11,13,18-20H2,1-3H3,(H,39,40)/t25-,27-,32+/m1/s1. The number of aromatic nitrogens is 1. The van der Waals surface area contributed by atoms with E-state index < -0.39 is 17.9 Å². The zero-order valence-corrected chi connectivity index (χ0v) is 25.0. The second kappa shape index (κ2) is 13.6. The largest absolute Gasteiger partial charge is 0.481 e. The lowest BCUT2D eigenvalue weighted by atomic mass is 9.83. The number of aryl methyl sites for hydroxylation is 2. The predicted molar refractivity (Wildman–Crippen MR) is 159 cm³/mol. The number of amides is 1. The van der Waals surface area contributed by atoms with E-state index in [9.17, 15) is 19.1 Å². The molecule has 43 heavy (non-hydrogen) atoms. The predicted octanol–water partition coefficient (Wildman–Crippen LogP) is 5.95. The summed E-state index contributed by atoms with van der Waals surface area (Å²) in [4.78, 5) is 35.2. The molecule has 2 aliphatic heterocycles. The van der Waals surface area contributed by atoms with Crippen molar-refractivity contribution in [2.45, 2.75) is 77.3 Å². The summed E-state index contributed by atoms with van der Waals surface area (Å²) in [6.07, 6.45) is 7.36. The summed E-state index contributed by atoms with van der Waals surface area (Å²) in [5, 5.41) is 10.5. The summed E-state index contributed by atoms with van der Waals surface area (Å²) in [6, 6.07) is 9.85. The number of fused-ring (bicyclic) bond motifs is 1. The van der Waals surface area contributed by atoms with Crippen molar-refractivity contribution < 1.29 is 33.0 Å². The molecule has 2 aliphatic rings. The smallest absolute Gasteiger partial charge is 0.308 e. The Labute approximate surface area is 251 Å². The highest BCUT2D eigenvalue weighted by Gasteiger charge is 2.47. The number of carboxylic acid groups (broad SMARTS) is 1. The molecular formula is C33H40FN3O6. The van der Waals surface area contributed by atoms with Crippen molar-refractivity contribution in [1.29, 1.82) is 0 Å². The number of halogens is 1. The fourth-order valence-corrected chi connectivity index (χ4v) is 6.64. The number of hydrogen-bond acceptors (Lipinski definition) is 7. The maximum absolute atomic E-state index is 14.3. The second-order valence-corrected chi connectivity index (χ2v) is 11.5. The van der Waals surface area contributed by atoms with E-state index in [0.29, 0.717) is 48.0 Å². The first-order chi connectivity index (χ1) is 20.8. The minimum absolute atomic E-state index is 0.0292. The molecule has 5 rings (SSSR count). The maximum atomic E-state index is 14.3. The summed E-state index contributed by atoms with van der Waals surface area (Å²) < 4.78 is 30.8. The van der Waals surface area contributed by atoms with E-state index in [1.54, 1.807) is 25.3 Å². The molecule has 1 fully saturated rings. The number of anilines is 1. The molecule has 0 spiro atoms. The van der Waals surface area contributed by atoms with Gasteiger partial charge in [0.25, 0.3) is 0 Å². The Bertz CT molecular complexity index is 1410. The molecule has 0 bridgehead atoms. The molecule has 230 valence electrons. The molecule has 3 aromatic rings. The first-order valence-corrected chi connectivity index (χ1v) is 15.1. The number of carboxylic acids is 1. The van der Waals surface area contributed by atoms with Gasteiger partial charge in [0, 0.05) is 36.7 Å². The highest BCUT2D eigenvalue weighted by atomic mass is 19.1. The van der Waals surface area contributed by atoms with Crippen LogP contribution in [0.5, 0.6) is 11.5 Å². The van der Waals surface area contributed by atoms with Gasteiger partial charge in [-0.2, -0.15) is 0 Å². The molecule has 1 aromatic heterocycles. The van der Waals surface area contributed by atoms with Crippen LogP contribution in [0.15, 0.2) is 53.3 Å². The number of aliphatic carboxylic acids is 1. The number of benzene rings is 2. The third-order valence-electron chi connectivity index (χ3n) is 8.63. The average Bonchev–Trinajstić information content (AvgIpc) is 3.74. The van der Waals surface area contributed by atoms with Gasteiger partial charge in [0.15, 0.2) is 17.4 Å². The Morgan fingerprint density at radius 2 is 1.88 bits per heavy atom. The van der Waals surface area contributed by atoms with Crippen molar-refractivity contribution in [3.63, 3.8) is 0 Å². The molecule has 1 saturated heterocycles. The molecule has 9 nitrogen and oxygen atoms in total. The van der Waals surface area contributed by atoms with Crippen molar-refractivity contribution in [3.8, 4) is 11.5 Å². The van der Waals surface area contributed by atoms with Crippen molar-refractivity contribution >= 4 is 17.6 Å². The molecule has 0 aliphatic carbocycles. The van der Waals surface area contributed by atoms with Crippen molar-refractivity contribution in [2.24, 2.45) is 5.92 Å². The number of rotatable bonds is 13. The highest BCUT2D eigenvalue weighted by molar-refractivity contribution is 5.95. The van der Waals surface area contributed by atoms with Gasteiger partial charge in [-0.25, -0.2) is 9.37 Å². The minimum atomic E-state index is -0.920. The lowest BCUT2D eigenvalue weighted by Crippen LogP contribution is -2.48. The lowest BCUT2D eigenvalue weighted by molar-refractivity contribution is -0.143. The van der Waals surface area contributed by atoms with Crippen molar-refractivity contribution in [2.75, 3.05) is 24.8 Å². The summed E-state index contributed by atoms with van der Waals surface area (Å²) >= 11 is 0. The SMILES string of the molecule is CCCC(CCC)N(C(=O)CN1C[C@H](c2ccc3c(c2)OCO3)[C@H](C(=O)O)[C@H]1CCc1ncco1)c1ccc(F)c(C)c1. The summed E-state index contributed by atoms with van der Waals surface area (Å²) in [7, 11) is 0. The van der Waals surface area contributed by atoms with Crippen LogP contribution in [0, 0.1) is 18.7 Å². The molecule has 0 radical (unpaired) electrons. The minimum Gasteiger partial charge on any atom is -0.481 e. The van der Waals surface area contributed by atoms with Crippen molar-refractivity contribution in [1.82, 2.24) is 9.88 Å². The number of carbonyl (C=O) groups excluding carboxylic acids is 1. The Morgan fingerprint density at radius 1 is 1.12 bits per heavy atom. The molecule has 10 heteroatoms. The summed E-state index contributed by atoms with van der Waals surface area (Å²) in [6.45, 7) is 6.41. The van der Waals surface area contributed by atoms with Crippen LogP contribution in [0.1, 0.15) is 68.9 Å². The van der Waals surface area contributed by atoms with Crippen LogP contribution >= 0.6 is 0 Å². The van der Waals surface area contributed by atoms with Crippen LogP contribution < -0.4 is 14.4 Å². The number of nitrogens with zero attached hydrogens (tertiary/aromatic N) is 3. The van der Waals surface area contributed by atoms with Gasteiger partial charge >= 0.3 is 5.97 Å². The highest BCUT2D eigenvalue weighted by Crippen LogP contribution is 2.43. The number of oxazole rings is 1. The van der Waals surface area contributed by atoms with E-state index in [1.807, 2.05) is 28.0 Å². The first-order valence-electron chi connectivity index (χ1n) is 15.1. The Hall–Kier alpha value is -3.92. The van der Waals surface area contributed by atoms with Gasteiger partial charge in [-0.1, -0.05) is 32.8 Å². The molecule has 1 N–H and O–H groups in total. The first kappa shape index (κ1) is 30.5. The average molecular weight is 594 g/mol. The van der Waals surface area contributed by atoms with E-state index in [2.05, 4.69) is 18.8 Å². The number of likely N-dealkylation sites (tertiary alicyclic amines) is 1. The number of hydrogen-bond donors (Lipinski definition) is 1. The van der Waals surface area contributed by atoms with E-state index in [1.165, 1.54) is 12.3 Å². The van der Waals surface area contributed by atoms with Gasteiger partial charge in [-0.15, -0.1) is 0 Å². The quantitative estimate of drug-likeness (QED) is 0.259. The zero-order chi connectivity index (χ0) is 30.5. The lowest BCUT2D eigenvalue weighted by Gasteiger charge is -2.35. The van der Waals surface area contributed by atoms with Gasteiger partial charge in [0.05, 0.1) is 18.7 Å². The molecule has 0 unspecified atom stereocenters. The van der Waals surface area contributed by atoms with Crippen LogP contribution in [-0.2, 0) is 16.0 Å². The molecule has 3 atom stereocenters. The van der Waals surface area contributed by atoms with Gasteiger partial charge in [-0.05, 0) is 67.6 Å². The molecule has 2 aromatic carbocycles. The molecule has 1 amide bonds. The van der Waals surface area contributed by atoms with Gasteiger partial charge in [-0.3, -0.25) is 14.5 Å². The molecular weight excluding hydrogens is 553 g/mol. The molecule has 3 heterocycles. The fourth-order valence-electron chi connectivity index (χ4n) is 6.64. The monoisotopic (exact) mass is 593 g/mol. The topological polar surface area (TPSA) is 105 Å². The third-order valence-corrected chi connectivity index (χ3v) is 8.63. The Morgan fingerprint density at radius 3 is 2.56 bits per heavy atom. The third kappa shape index (κ3) is 6.69. The van der Waals surface area contributed by atoms with E-state index in [-0.39, 0.29) is 37.0 Å². The number of carbonyl (C=O) groups is 2.